The molecule has 3 rings (SSSR count). The Morgan fingerprint density at radius 3 is 2.64 bits per heavy atom. The molecular weight excluding hydrogens is 365 g/mol. The fraction of sp³-hybridized carbons (Fsp3) is 0.412. The zero-order chi connectivity index (χ0) is 17.8. The monoisotopic (exact) mass is 384 g/mol. The summed E-state index contributed by atoms with van der Waals surface area (Å²) in [6.07, 6.45) is 0. The third-order valence-electron chi connectivity index (χ3n) is 4.25. The van der Waals surface area contributed by atoms with E-state index in [4.69, 9.17) is 32.5 Å². The van der Waals surface area contributed by atoms with Crippen molar-refractivity contribution in [2.75, 3.05) is 39.4 Å². The molecule has 1 aromatic heterocycles. The van der Waals surface area contributed by atoms with Crippen LogP contribution in [0.1, 0.15) is 16.1 Å². The van der Waals surface area contributed by atoms with E-state index in [0.717, 1.165) is 32.8 Å². The van der Waals surface area contributed by atoms with Crippen LogP contribution in [-0.2, 0) is 4.74 Å². The summed E-state index contributed by atoms with van der Waals surface area (Å²) in [4.78, 5) is 14.1. The standard InChI is InChI=1S/C17H19Cl2N3O3/c1-11-14(17(23)20-5-6-22-7-9-24-10-8-22)16(21-25-11)15-12(18)3-2-4-13(15)19/h2-4H,5-10H2,1H3,(H,20,23)/p+1. The third kappa shape index (κ3) is 4.15. The van der Waals surface area contributed by atoms with Crippen LogP contribution in [0.2, 0.25) is 10.0 Å². The first-order valence-corrected chi connectivity index (χ1v) is 8.93. The topological polar surface area (TPSA) is 68.8 Å². The second kappa shape index (κ2) is 8.19. The molecule has 2 aromatic rings. The van der Waals surface area contributed by atoms with Crippen molar-refractivity contribution in [3.05, 3.63) is 39.6 Å². The highest BCUT2D eigenvalue weighted by atomic mass is 35.5. The van der Waals surface area contributed by atoms with Gasteiger partial charge in [-0.1, -0.05) is 34.4 Å². The SMILES string of the molecule is Cc1onc(-c2c(Cl)cccc2Cl)c1C(=O)NCC[NH+]1CCOCC1. The van der Waals surface area contributed by atoms with Crippen molar-refractivity contribution < 1.29 is 19.0 Å². The van der Waals surface area contributed by atoms with Crippen LogP contribution in [0.4, 0.5) is 0 Å². The molecule has 25 heavy (non-hydrogen) atoms. The van der Waals surface area contributed by atoms with Gasteiger partial charge in [-0.3, -0.25) is 4.79 Å². The number of hydrogen-bond acceptors (Lipinski definition) is 4. The second-order valence-electron chi connectivity index (χ2n) is 5.93. The molecule has 6 nitrogen and oxygen atoms in total. The van der Waals surface area contributed by atoms with Crippen molar-refractivity contribution in [3.8, 4) is 11.3 Å². The number of ether oxygens (including phenoxy) is 1. The quantitative estimate of drug-likeness (QED) is 0.821. The molecule has 8 heteroatoms. The van der Waals surface area contributed by atoms with Crippen molar-refractivity contribution >= 4 is 29.1 Å². The third-order valence-corrected chi connectivity index (χ3v) is 4.88. The highest BCUT2D eigenvalue weighted by Crippen LogP contribution is 2.36. The number of rotatable bonds is 5. The molecule has 0 aliphatic carbocycles. The summed E-state index contributed by atoms with van der Waals surface area (Å²) in [7, 11) is 0. The van der Waals surface area contributed by atoms with Gasteiger partial charge in [0.15, 0.2) is 0 Å². The van der Waals surface area contributed by atoms with E-state index in [1.54, 1.807) is 25.1 Å². The molecule has 1 fully saturated rings. The molecule has 1 aromatic carbocycles. The second-order valence-corrected chi connectivity index (χ2v) is 6.74. The Kier molecular flexibility index (Phi) is 5.96. The molecule has 0 atom stereocenters. The van der Waals surface area contributed by atoms with Gasteiger partial charge in [-0.05, 0) is 19.1 Å². The van der Waals surface area contributed by atoms with Gasteiger partial charge in [-0.15, -0.1) is 0 Å². The minimum Gasteiger partial charge on any atom is -0.370 e. The number of carbonyl (C=O) groups is 1. The summed E-state index contributed by atoms with van der Waals surface area (Å²) >= 11 is 12.5. The number of nitrogens with zero attached hydrogens (tertiary/aromatic N) is 1. The lowest BCUT2D eigenvalue weighted by atomic mass is 10.1. The van der Waals surface area contributed by atoms with Crippen molar-refractivity contribution in [1.29, 1.82) is 0 Å². The van der Waals surface area contributed by atoms with E-state index in [-0.39, 0.29) is 5.91 Å². The molecule has 134 valence electrons. The number of nitrogens with one attached hydrogen (secondary N) is 2. The van der Waals surface area contributed by atoms with Gasteiger partial charge in [0.05, 0.1) is 36.3 Å². The number of morpholine rings is 1. The molecule has 1 saturated heterocycles. The van der Waals surface area contributed by atoms with Gasteiger partial charge in [0, 0.05) is 5.56 Å². The van der Waals surface area contributed by atoms with Crippen molar-refractivity contribution in [2.45, 2.75) is 6.92 Å². The van der Waals surface area contributed by atoms with E-state index >= 15 is 0 Å². The number of aromatic nitrogens is 1. The first-order chi connectivity index (χ1) is 12.1. The Labute approximate surface area is 156 Å². The molecule has 1 aliphatic rings. The minimum absolute atomic E-state index is 0.239. The molecule has 0 unspecified atom stereocenters. The van der Waals surface area contributed by atoms with E-state index in [1.165, 1.54) is 4.90 Å². The normalized spacial score (nSPS) is 15.3. The lowest BCUT2D eigenvalue weighted by Gasteiger charge is -2.23. The van der Waals surface area contributed by atoms with Gasteiger partial charge in [0.25, 0.3) is 5.91 Å². The number of hydrogen-bond donors (Lipinski definition) is 2. The molecule has 1 amide bonds. The van der Waals surface area contributed by atoms with E-state index < -0.39 is 0 Å². The first-order valence-electron chi connectivity index (χ1n) is 8.18. The predicted molar refractivity (Wildman–Crippen MR) is 95.4 cm³/mol. The van der Waals surface area contributed by atoms with Crippen molar-refractivity contribution in [2.24, 2.45) is 0 Å². The molecule has 2 heterocycles. The largest absolute Gasteiger partial charge is 0.370 e. The van der Waals surface area contributed by atoms with Crippen LogP contribution in [0.15, 0.2) is 22.7 Å². The van der Waals surface area contributed by atoms with Crippen LogP contribution >= 0.6 is 23.2 Å². The molecule has 2 N–H and O–H groups in total. The summed E-state index contributed by atoms with van der Waals surface area (Å²) in [5.74, 6) is 0.194. The highest BCUT2D eigenvalue weighted by molar-refractivity contribution is 6.39. The van der Waals surface area contributed by atoms with E-state index in [1.807, 2.05) is 0 Å². The highest BCUT2D eigenvalue weighted by Gasteiger charge is 2.25. The van der Waals surface area contributed by atoms with Crippen LogP contribution in [0.3, 0.4) is 0 Å². The molecule has 1 aliphatic heterocycles. The Morgan fingerprint density at radius 1 is 1.28 bits per heavy atom. The van der Waals surface area contributed by atoms with Crippen LogP contribution in [0, 0.1) is 6.92 Å². The molecule has 0 radical (unpaired) electrons. The molecular formula is C17H20Cl2N3O3+. The number of carbonyl (C=O) groups excluding carboxylic acids is 1. The van der Waals surface area contributed by atoms with Crippen LogP contribution < -0.4 is 10.2 Å². The average molecular weight is 385 g/mol. The maximum atomic E-state index is 12.7. The number of halogens is 2. The maximum absolute atomic E-state index is 12.7. The fourth-order valence-corrected chi connectivity index (χ4v) is 3.46. The fourth-order valence-electron chi connectivity index (χ4n) is 2.89. The van der Waals surface area contributed by atoms with E-state index in [9.17, 15) is 4.79 Å². The van der Waals surface area contributed by atoms with E-state index in [2.05, 4.69) is 10.5 Å². The van der Waals surface area contributed by atoms with Crippen LogP contribution in [-0.4, -0.2) is 50.5 Å². The lowest BCUT2D eigenvalue weighted by Crippen LogP contribution is -3.14. The molecule has 0 saturated carbocycles. The van der Waals surface area contributed by atoms with E-state index in [0.29, 0.717) is 39.2 Å². The summed E-state index contributed by atoms with van der Waals surface area (Å²) in [6.45, 7) is 6.57. The van der Waals surface area contributed by atoms with Crippen molar-refractivity contribution in [1.82, 2.24) is 10.5 Å². The predicted octanol–water partition coefficient (Wildman–Crippen LogP) is 1.60. The van der Waals surface area contributed by atoms with Crippen LogP contribution in [0.25, 0.3) is 11.3 Å². The number of benzene rings is 1. The number of amides is 1. The van der Waals surface area contributed by atoms with Gasteiger partial charge in [-0.2, -0.15) is 0 Å². The van der Waals surface area contributed by atoms with Gasteiger partial charge in [-0.25, -0.2) is 0 Å². The zero-order valence-electron chi connectivity index (χ0n) is 13.9. The maximum Gasteiger partial charge on any atom is 0.257 e. The van der Waals surface area contributed by atoms with Gasteiger partial charge < -0.3 is 19.5 Å². The summed E-state index contributed by atoms with van der Waals surface area (Å²) in [6, 6.07) is 5.15. The van der Waals surface area contributed by atoms with Crippen molar-refractivity contribution in [3.63, 3.8) is 0 Å². The van der Waals surface area contributed by atoms with Crippen LogP contribution in [0.5, 0.6) is 0 Å². The summed E-state index contributed by atoms with van der Waals surface area (Å²) < 4.78 is 10.6. The zero-order valence-corrected chi connectivity index (χ0v) is 15.4. The number of quaternary nitrogens is 1. The van der Waals surface area contributed by atoms with Gasteiger partial charge in [0.1, 0.15) is 30.1 Å². The smallest absolute Gasteiger partial charge is 0.257 e. The first kappa shape index (κ1) is 18.2. The Bertz CT molecular complexity index is 737. The van der Waals surface area contributed by atoms with Gasteiger partial charge in [0.2, 0.25) is 0 Å². The minimum atomic E-state index is -0.239. The number of aryl methyl sites for hydroxylation is 1. The lowest BCUT2D eigenvalue weighted by molar-refractivity contribution is -0.906. The van der Waals surface area contributed by atoms with Gasteiger partial charge >= 0.3 is 0 Å². The Morgan fingerprint density at radius 2 is 1.96 bits per heavy atom. The summed E-state index contributed by atoms with van der Waals surface area (Å²) in [5, 5.41) is 7.78. The Hall–Kier alpha value is -1.60. The average Bonchev–Trinajstić information content (AvgIpc) is 2.97. The molecule has 0 spiro atoms. The Balaban J connectivity index is 1.73. The molecule has 0 bridgehead atoms. The summed E-state index contributed by atoms with van der Waals surface area (Å²) in [5.41, 5.74) is 1.24.